The maximum absolute atomic E-state index is 13.5. The van der Waals surface area contributed by atoms with E-state index in [4.69, 9.17) is 27.2 Å². The highest BCUT2D eigenvalue weighted by Gasteiger charge is 2.84. The van der Waals surface area contributed by atoms with Crippen LogP contribution in [0.5, 0.6) is 11.5 Å². The van der Waals surface area contributed by atoms with Gasteiger partial charge in [0.05, 0.1) is 6.61 Å². The number of aliphatic hydroxyl groups is 4. The van der Waals surface area contributed by atoms with Gasteiger partial charge in [0.15, 0.2) is 23.0 Å². The van der Waals surface area contributed by atoms with Gasteiger partial charge >= 0.3 is 32.8 Å². The fraction of sp³-hybridized carbons (Fsp3) is 0.412. The van der Waals surface area contributed by atoms with Gasteiger partial charge in [-0.2, -0.15) is 9.55 Å². The van der Waals surface area contributed by atoms with Crippen molar-refractivity contribution in [3.63, 3.8) is 0 Å². The Labute approximate surface area is 202 Å². The Morgan fingerprint density at radius 3 is 2.32 bits per heavy atom. The van der Waals surface area contributed by atoms with Gasteiger partial charge in [0.25, 0.3) is 5.79 Å². The molecule has 18 nitrogen and oxygen atoms in total. The Morgan fingerprint density at radius 2 is 1.65 bits per heavy atom. The van der Waals surface area contributed by atoms with Crippen molar-refractivity contribution >= 4 is 26.7 Å². The highest BCUT2D eigenvalue weighted by atomic mass is 31.2. The summed E-state index contributed by atoms with van der Waals surface area (Å²) in [5.41, 5.74) is -3.21. The van der Waals surface area contributed by atoms with Crippen molar-refractivity contribution in [1.29, 1.82) is 0 Å². The van der Waals surface area contributed by atoms with Crippen LogP contribution in [0.4, 0.5) is 0 Å². The summed E-state index contributed by atoms with van der Waals surface area (Å²) in [7, 11) is -9.37. The first-order valence-electron chi connectivity index (χ1n) is 10.4. The molecule has 196 valence electrons. The lowest BCUT2D eigenvalue weighted by molar-refractivity contribution is -0.367. The van der Waals surface area contributed by atoms with Crippen LogP contribution in [-0.2, 0) is 28.6 Å². The van der Waals surface area contributed by atoms with E-state index in [1.54, 1.807) is 6.92 Å². The zero-order valence-electron chi connectivity index (χ0n) is 18.4. The van der Waals surface area contributed by atoms with Gasteiger partial charge in [-0.15, -0.1) is 0 Å². The van der Waals surface area contributed by atoms with E-state index in [0.717, 1.165) is 0 Å². The van der Waals surface area contributed by atoms with Crippen LogP contribution in [0.1, 0.15) is 11.1 Å². The predicted octanol–water partition coefficient (Wildman–Crippen LogP) is -1.81. The van der Waals surface area contributed by atoms with Crippen molar-refractivity contribution in [1.82, 2.24) is 19.3 Å². The number of hydrogen-bond donors (Lipinski definition) is 4. The van der Waals surface area contributed by atoms with Crippen LogP contribution in [0.2, 0.25) is 0 Å². The molecular formula is C17H14N4O14P2. The minimum atomic E-state index is -4.80. The Morgan fingerprint density at radius 1 is 1.00 bits per heavy atom. The smallest absolute Gasteiger partial charge is 0.394 e. The van der Waals surface area contributed by atoms with Crippen LogP contribution in [0.3, 0.4) is 0 Å². The normalized spacial score (nSPS) is 34.2. The summed E-state index contributed by atoms with van der Waals surface area (Å²) in [6.45, 7) is 1.99. The van der Waals surface area contributed by atoms with Crippen molar-refractivity contribution in [2.75, 3.05) is 6.61 Å². The van der Waals surface area contributed by atoms with Gasteiger partial charge in [0, 0.05) is 11.1 Å². The van der Waals surface area contributed by atoms with Crippen molar-refractivity contribution in [2.24, 2.45) is 0 Å². The third kappa shape index (κ3) is 2.50. The molecule has 1 aromatic rings. The lowest BCUT2D eigenvalue weighted by Crippen LogP contribution is -2.64. The van der Waals surface area contributed by atoms with E-state index in [1.165, 1.54) is 6.92 Å². The number of nitrogens with zero attached hydrogens (tertiary/aromatic N) is 4. The molecule has 0 spiro atoms. The van der Waals surface area contributed by atoms with Gasteiger partial charge in [-0.3, -0.25) is 14.0 Å². The molecule has 8 bridgehead atoms. The molecule has 9 rings (SSSR count). The Hall–Kier alpha value is -2.92. The number of phosphoric ester groups is 2. The molecule has 0 aromatic heterocycles. The number of aliphatic hydroxyl groups excluding tert-OH is 3. The molecule has 4 N–H and O–H groups in total. The van der Waals surface area contributed by atoms with E-state index in [1.807, 2.05) is 0 Å². The second-order valence-corrected chi connectivity index (χ2v) is 11.5. The van der Waals surface area contributed by atoms with E-state index in [0.29, 0.717) is 15.7 Å². The molecule has 1 aromatic carbocycles. The van der Waals surface area contributed by atoms with E-state index in [9.17, 15) is 39.1 Å². The Bertz CT molecular complexity index is 1770. The van der Waals surface area contributed by atoms with E-state index < -0.39 is 68.9 Å². The summed E-state index contributed by atoms with van der Waals surface area (Å²) in [5.74, 6) is -7.26. The number of fused-ring (bicyclic) bond motifs is 3. The number of aromatic nitrogens is 4. The lowest BCUT2D eigenvalue weighted by atomic mass is 9.99. The standard InChI is InChI=1S/C17H14N4O14P2/c1-4-5(2)11-9-7-10(4)30-36(28,31-11)35-21-14(25)8(18-7)13(19-15(21)26)20(9)17-16(27,12(24)6(23)3-22)32-37(29,33-17)34-17/h6,12,22-24,27H,3H2,1-2H3. The van der Waals surface area contributed by atoms with Crippen molar-refractivity contribution in [3.8, 4) is 23.0 Å². The van der Waals surface area contributed by atoms with Crippen LogP contribution in [0.25, 0.3) is 22.6 Å². The second kappa shape index (κ2) is 6.55. The monoisotopic (exact) mass is 560 g/mol. The quantitative estimate of drug-likeness (QED) is 0.203. The summed E-state index contributed by atoms with van der Waals surface area (Å²) in [6, 6.07) is 0. The predicted molar refractivity (Wildman–Crippen MR) is 112 cm³/mol. The lowest BCUT2D eigenvalue weighted by Gasteiger charge is -2.43. The van der Waals surface area contributed by atoms with E-state index in [-0.39, 0.29) is 27.3 Å². The summed E-state index contributed by atoms with van der Waals surface area (Å²) >= 11 is 0. The molecular weight excluding hydrogens is 546 g/mol. The first-order valence-corrected chi connectivity index (χ1v) is 13.3. The molecule has 0 saturated carbocycles. The minimum absolute atomic E-state index is 0.0124. The molecule has 8 heterocycles. The van der Waals surface area contributed by atoms with Crippen molar-refractivity contribution in [3.05, 3.63) is 32.0 Å². The summed E-state index contributed by atoms with van der Waals surface area (Å²) in [5, 5.41) is 41.6. The largest absolute Gasteiger partial charge is 0.667 e. The first kappa shape index (κ1) is 23.2. The zero-order chi connectivity index (χ0) is 26.4. The van der Waals surface area contributed by atoms with Crippen molar-refractivity contribution < 1.29 is 56.8 Å². The van der Waals surface area contributed by atoms with Gasteiger partial charge in [-0.25, -0.2) is 27.9 Å². The molecule has 20 heteroatoms. The highest BCUT2D eigenvalue weighted by molar-refractivity contribution is 7.50. The third-order valence-electron chi connectivity index (χ3n) is 6.54. The molecule has 4 unspecified atom stereocenters. The first-order chi connectivity index (χ1) is 17.3. The molecule has 0 amide bonds. The molecule has 4 atom stereocenters. The molecule has 8 aliphatic rings. The Balaban J connectivity index is 1.72. The zero-order valence-corrected chi connectivity index (χ0v) is 20.2. The minimum Gasteiger partial charge on any atom is -0.394 e. The van der Waals surface area contributed by atoms with Crippen LogP contribution in [0, 0.1) is 13.8 Å². The summed E-state index contributed by atoms with van der Waals surface area (Å²) in [6.07, 6.45) is -4.52. The SMILES string of the molecule is Cc1c(C)c2c3c4nc5c(=O)n(c(=O)nc-5n3C35OP(=O)(OC3(O)C(O)C(O)CO)O5)OP(=O)(Oc14)O2. The molecule has 3 saturated heterocycles. The van der Waals surface area contributed by atoms with Crippen LogP contribution >= 0.6 is 15.6 Å². The summed E-state index contributed by atoms with van der Waals surface area (Å²) < 4.78 is 58.8. The number of benzene rings is 1. The fourth-order valence-corrected chi connectivity index (χ4v) is 7.69. The molecule has 0 radical (unpaired) electrons. The number of rotatable bonds is 4. The molecule has 3 fully saturated rings. The molecule has 0 aliphatic carbocycles. The average molecular weight is 560 g/mol. The second-order valence-electron chi connectivity index (χ2n) is 8.62. The average Bonchev–Trinajstić information content (AvgIpc) is 3.11. The maximum Gasteiger partial charge on any atom is 0.667 e. The number of hydrogen-bond acceptors (Lipinski definition) is 16. The third-order valence-corrected chi connectivity index (χ3v) is 9.16. The van der Waals surface area contributed by atoms with Gasteiger partial charge in [-0.1, -0.05) is 4.73 Å². The fourth-order valence-electron chi connectivity index (χ4n) is 4.67. The number of phosphoric acid groups is 2. The van der Waals surface area contributed by atoms with Gasteiger partial charge < -0.3 is 29.5 Å². The van der Waals surface area contributed by atoms with Crippen LogP contribution in [0.15, 0.2) is 9.59 Å². The highest BCUT2D eigenvalue weighted by Crippen LogP contribution is 2.80. The van der Waals surface area contributed by atoms with Crippen molar-refractivity contribution in [2.45, 2.75) is 37.8 Å². The van der Waals surface area contributed by atoms with Crippen LogP contribution < -0.4 is 24.9 Å². The Kier molecular flexibility index (Phi) is 4.11. The van der Waals surface area contributed by atoms with E-state index >= 15 is 0 Å². The van der Waals surface area contributed by atoms with Gasteiger partial charge in [0.2, 0.25) is 0 Å². The van der Waals surface area contributed by atoms with Gasteiger partial charge in [-0.05, 0) is 13.8 Å². The topological polar surface area (TPSA) is 240 Å². The summed E-state index contributed by atoms with van der Waals surface area (Å²) in [4.78, 5) is 34.0. The molecule has 8 aliphatic heterocycles. The van der Waals surface area contributed by atoms with Gasteiger partial charge in [0.1, 0.15) is 23.2 Å². The van der Waals surface area contributed by atoms with Crippen LogP contribution in [-0.4, -0.2) is 64.3 Å². The maximum atomic E-state index is 13.5. The molecule has 37 heavy (non-hydrogen) atoms. The van der Waals surface area contributed by atoms with E-state index in [2.05, 4.69) is 9.97 Å².